The van der Waals surface area contributed by atoms with Crippen molar-refractivity contribution < 1.29 is 9.21 Å². The van der Waals surface area contributed by atoms with Crippen LogP contribution in [0.25, 0.3) is 0 Å². The topological polar surface area (TPSA) is 52.8 Å². The molecule has 0 saturated carbocycles. The zero-order valence-corrected chi connectivity index (χ0v) is 15.7. The Kier molecular flexibility index (Phi) is 6.48. The summed E-state index contributed by atoms with van der Waals surface area (Å²) >= 11 is 0. The number of aromatic nitrogens is 1. The molecule has 0 N–H and O–H groups in total. The zero-order chi connectivity index (χ0) is 17.6. The van der Waals surface area contributed by atoms with E-state index in [0.717, 1.165) is 45.6 Å². The van der Waals surface area contributed by atoms with Crippen LogP contribution < -0.4 is 0 Å². The summed E-state index contributed by atoms with van der Waals surface area (Å²) in [6, 6.07) is 0.303. The van der Waals surface area contributed by atoms with Crippen LogP contribution in [-0.4, -0.2) is 70.9 Å². The molecule has 0 radical (unpaired) electrons. The minimum atomic E-state index is 0.0200. The van der Waals surface area contributed by atoms with Crippen LogP contribution in [0.15, 0.2) is 10.7 Å². The third-order valence-electron chi connectivity index (χ3n) is 5.49. The van der Waals surface area contributed by atoms with Crippen molar-refractivity contribution >= 4 is 5.91 Å². The van der Waals surface area contributed by atoms with Gasteiger partial charge >= 0.3 is 0 Å². The molecule has 2 aliphatic rings. The number of carbonyl (C=O) groups is 1. The average Bonchev–Trinajstić information content (AvgIpc) is 3.09. The molecule has 6 heteroatoms. The van der Waals surface area contributed by atoms with E-state index in [1.165, 1.54) is 32.1 Å². The molecular weight excluding hydrogens is 316 g/mol. The van der Waals surface area contributed by atoms with Crippen molar-refractivity contribution in [3.05, 3.63) is 17.8 Å². The zero-order valence-electron chi connectivity index (χ0n) is 15.7. The summed E-state index contributed by atoms with van der Waals surface area (Å²) in [7, 11) is 0. The van der Waals surface area contributed by atoms with Gasteiger partial charge in [-0.15, -0.1) is 0 Å². The molecule has 1 amide bonds. The smallest absolute Gasteiger partial charge is 0.276 e. The maximum absolute atomic E-state index is 12.6. The van der Waals surface area contributed by atoms with Crippen molar-refractivity contribution in [2.24, 2.45) is 0 Å². The first kappa shape index (κ1) is 18.4. The predicted octanol–water partition coefficient (Wildman–Crippen LogP) is 2.61. The first-order valence-electron chi connectivity index (χ1n) is 9.87. The van der Waals surface area contributed by atoms with Gasteiger partial charge in [0, 0.05) is 38.8 Å². The first-order chi connectivity index (χ1) is 12.2. The monoisotopic (exact) mass is 348 g/mol. The van der Waals surface area contributed by atoms with E-state index in [1.807, 2.05) is 4.90 Å². The van der Waals surface area contributed by atoms with Crippen LogP contribution in [-0.2, 0) is 6.54 Å². The fourth-order valence-corrected chi connectivity index (χ4v) is 3.77. The number of unbranched alkanes of at least 4 members (excludes halogenated alkanes) is 1. The lowest BCUT2D eigenvalue weighted by atomic mass is 10.0. The van der Waals surface area contributed by atoms with Crippen LogP contribution >= 0.6 is 0 Å². The van der Waals surface area contributed by atoms with Crippen LogP contribution in [0.2, 0.25) is 0 Å². The highest BCUT2D eigenvalue weighted by atomic mass is 16.3. The minimum absolute atomic E-state index is 0.0200. The summed E-state index contributed by atoms with van der Waals surface area (Å²) in [6.07, 6.45) is 7.45. The summed E-state index contributed by atoms with van der Waals surface area (Å²) in [6.45, 7) is 11.4. The van der Waals surface area contributed by atoms with Crippen molar-refractivity contribution in [3.8, 4) is 0 Å². The predicted molar refractivity (Wildman–Crippen MR) is 97.5 cm³/mol. The second-order valence-electron chi connectivity index (χ2n) is 7.44. The Hall–Kier alpha value is -1.40. The largest absolute Gasteiger partial charge is 0.447 e. The molecule has 25 heavy (non-hydrogen) atoms. The molecule has 1 unspecified atom stereocenters. The molecule has 0 bridgehead atoms. The number of oxazole rings is 1. The van der Waals surface area contributed by atoms with Crippen LogP contribution in [0.5, 0.6) is 0 Å². The Morgan fingerprint density at radius 3 is 2.68 bits per heavy atom. The third-order valence-corrected chi connectivity index (χ3v) is 5.49. The number of piperazine rings is 1. The van der Waals surface area contributed by atoms with Crippen molar-refractivity contribution in [1.29, 1.82) is 0 Å². The SMILES string of the molecule is CCCCN1CCN(Cc2nc(C(=O)N3CCCCC3C)co2)CC1. The lowest BCUT2D eigenvalue weighted by Gasteiger charge is -2.34. The molecule has 3 heterocycles. The lowest BCUT2D eigenvalue weighted by molar-refractivity contribution is 0.0629. The van der Waals surface area contributed by atoms with Gasteiger partial charge in [0.1, 0.15) is 6.26 Å². The fourth-order valence-electron chi connectivity index (χ4n) is 3.77. The van der Waals surface area contributed by atoms with Gasteiger partial charge in [0.05, 0.1) is 6.54 Å². The number of hydrogen-bond donors (Lipinski definition) is 0. The van der Waals surface area contributed by atoms with E-state index in [2.05, 4.69) is 28.6 Å². The van der Waals surface area contributed by atoms with Gasteiger partial charge in [0.15, 0.2) is 5.69 Å². The lowest BCUT2D eigenvalue weighted by Crippen LogP contribution is -2.46. The van der Waals surface area contributed by atoms with E-state index < -0.39 is 0 Å². The van der Waals surface area contributed by atoms with E-state index in [-0.39, 0.29) is 5.91 Å². The van der Waals surface area contributed by atoms with E-state index >= 15 is 0 Å². The van der Waals surface area contributed by atoms with Gasteiger partial charge in [0.2, 0.25) is 5.89 Å². The van der Waals surface area contributed by atoms with Gasteiger partial charge in [-0.3, -0.25) is 9.69 Å². The number of hydrogen-bond acceptors (Lipinski definition) is 5. The molecule has 1 atom stereocenters. The first-order valence-corrected chi connectivity index (χ1v) is 9.87. The summed E-state index contributed by atoms with van der Waals surface area (Å²) in [5.74, 6) is 0.682. The highest BCUT2D eigenvalue weighted by Crippen LogP contribution is 2.19. The maximum atomic E-state index is 12.6. The molecule has 140 valence electrons. The third kappa shape index (κ3) is 4.82. The molecule has 6 nitrogen and oxygen atoms in total. The van der Waals surface area contributed by atoms with Gasteiger partial charge in [-0.05, 0) is 39.2 Å². The number of amides is 1. The van der Waals surface area contributed by atoms with Crippen LogP contribution in [0.1, 0.15) is 62.3 Å². The fraction of sp³-hybridized carbons (Fsp3) is 0.789. The second kappa shape index (κ2) is 8.81. The van der Waals surface area contributed by atoms with Crippen LogP contribution in [0.3, 0.4) is 0 Å². The molecule has 2 fully saturated rings. The number of carbonyl (C=O) groups excluding carboxylic acids is 1. The highest BCUT2D eigenvalue weighted by Gasteiger charge is 2.27. The molecule has 1 aromatic rings. The Bertz CT molecular complexity index is 551. The average molecular weight is 348 g/mol. The maximum Gasteiger partial charge on any atom is 0.276 e. The number of piperidine rings is 1. The normalized spacial score (nSPS) is 23.1. The molecular formula is C19H32N4O2. The number of likely N-dealkylation sites (tertiary alicyclic amines) is 1. The van der Waals surface area contributed by atoms with E-state index in [4.69, 9.17) is 4.42 Å². The molecule has 0 aromatic carbocycles. The Morgan fingerprint density at radius 2 is 1.96 bits per heavy atom. The van der Waals surface area contributed by atoms with Crippen molar-refractivity contribution in [1.82, 2.24) is 19.7 Å². The van der Waals surface area contributed by atoms with Gasteiger partial charge in [0.25, 0.3) is 5.91 Å². The molecule has 2 aliphatic heterocycles. The van der Waals surface area contributed by atoms with Gasteiger partial charge in [-0.2, -0.15) is 0 Å². The van der Waals surface area contributed by atoms with Crippen molar-refractivity contribution in [3.63, 3.8) is 0 Å². The van der Waals surface area contributed by atoms with Crippen molar-refractivity contribution in [2.75, 3.05) is 39.3 Å². The standard InChI is InChI=1S/C19H32N4O2/c1-3-4-8-21-10-12-22(13-11-21)14-18-20-17(15-25-18)19(24)23-9-6-5-7-16(23)2/h15-16H,3-14H2,1-2H3. The Morgan fingerprint density at radius 1 is 1.20 bits per heavy atom. The summed E-state index contributed by atoms with van der Waals surface area (Å²) in [5.41, 5.74) is 0.463. The quantitative estimate of drug-likeness (QED) is 0.791. The summed E-state index contributed by atoms with van der Waals surface area (Å²) < 4.78 is 5.59. The molecule has 0 spiro atoms. The van der Waals surface area contributed by atoms with Crippen LogP contribution in [0, 0.1) is 0 Å². The molecule has 3 rings (SSSR count). The summed E-state index contributed by atoms with van der Waals surface area (Å²) in [4.78, 5) is 24.0. The van der Waals surface area contributed by atoms with Gasteiger partial charge < -0.3 is 14.2 Å². The van der Waals surface area contributed by atoms with E-state index in [0.29, 0.717) is 24.2 Å². The number of nitrogens with zero attached hydrogens (tertiary/aromatic N) is 4. The van der Waals surface area contributed by atoms with E-state index in [9.17, 15) is 4.79 Å². The molecule has 1 aromatic heterocycles. The summed E-state index contributed by atoms with van der Waals surface area (Å²) in [5, 5.41) is 0. The Balaban J connectivity index is 1.49. The molecule has 2 saturated heterocycles. The minimum Gasteiger partial charge on any atom is -0.447 e. The Labute approximate surface area is 151 Å². The highest BCUT2D eigenvalue weighted by molar-refractivity contribution is 5.92. The van der Waals surface area contributed by atoms with Gasteiger partial charge in [-0.1, -0.05) is 13.3 Å². The van der Waals surface area contributed by atoms with Crippen LogP contribution in [0.4, 0.5) is 0 Å². The molecule has 0 aliphatic carbocycles. The van der Waals surface area contributed by atoms with Gasteiger partial charge in [-0.25, -0.2) is 4.98 Å². The van der Waals surface area contributed by atoms with Crippen molar-refractivity contribution in [2.45, 2.75) is 58.5 Å². The number of rotatable bonds is 6. The van der Waals surface area contributed by atoms with E-state index in [1.54, 1.807) is 0 Å². The second-order valence-corrected chi connectivity index (χ2v) is 7.44.